The van der Waals surface area contributed by atoms with E-state index in [1.807, 2.05) is 42.5 Å². The SMILES string of the molecule is COc1ccc(CCNC(=O)C2CCCN2c2nc(Cc3ccc(Cl)cc3)ns2)cc1OC. The number of carbonyl (C=O) groups excluding carboxylic acids is 1. The van der Waals surface area contributed by atoms with Crippen molar-refractivity contribution in [2.45, 2.75) is 31.7 Å². The van der Waals surface area contributed by atoms with Crippen molar-refractivity contribution in [2.24, 2.45) is 0 Å². The maximum atomic E-state index is 12.9. The van der Waals surface area contributed by atoms with E-state index in [0.29, 0.717) is 35.9 Å². The molecule has 1 aromatic heterocycles. The second-order valence-electron chi connectivity index (χ2n) is 7.88. The first-order valence-electron chi connectivity index (χ1n) is 10.9. The molecule has 1 fully saturated rings. The summed E-state index contributed by atoms with van der Waals surface area (Å²) in [5, 5.41) is 4.60. The summed E-state index contributed by atoms with van der Waals surface area (Å²) >= 11 is 7.31. The molecule has 174 valence electrons. The first-order valence-corrected chi connectivity index (χ1v) is 12.0. The summed E-state index contributed by atoms with van der Waals surface area (Å²) < 4.78 is 15.1. The van der Waals surface area contributed by atoms with Gasteiger partial charge in [-0.25, -0.2) is 4.98 Å². The Labute approximate surface area is 202 Å². The van der Waals surface area contributed by atoms with Gasteiger partial charge in [-0.2, -0.15) is 4.37 Å². The van der Waals surface area contributed by atoms with Crippen molar-refractivity contribution in [3.05, 3.63) is 64.4 Å². The number of halogens is 1. The number of ether oxygens (including phenoxy) is 2. The molecule has 1 aliphatic rings. The lowest BCUT2D eigenvalue weighted by Crippen LogP contribution is -2.44. The summed E-state index contributed by atoms with van der Waals surface area (Å²) in [7, 11) is 3.23. The summed E-state index contributed by atoms with van der Waals surface area (Å²) in [6.07, 6.45) is 3.13. The Morgan fingerprint density at radius 3 is 2.67 bits per heavy atom. The van der Waals surface area contributed by atoms with Crippen molar-refractivity contribution in [2.75, 3.05) is 32.2 Å². The monoisotopic (exact) mass is 486 g/mol. The minimum absolute atomic E-state index is 0.0300. The highest BCUT2D eigenvalue weighted by Gasteiger charge is 2.32. The minimum Gasteiger partial charge on any atom is -0.493 e. The van der Waals surface area contributed by atoms with Crippen molar-refractivity contribution in [1.82, 2.24) is 14.7 Å². The zero-order valence-electron chi connectivity index (χ0n) is 18.7. The molecule has 1 unspecified atom stereocenters. The number of benzene rings is 2. The number of rotatable bonds is 9. The molecule has 0 radical (unpaired) electrons. The van der Waals surface area contributed by atoms with Crippen LogP contribution in [0.15, 0.2) is 42.5 Å². The van der Waals surface area contributed by atoms with E-state index < -0.39 is 0 Å². The number of amides is 1. The molecule has 9 heteroatoms. The number of anilines is 1. The smallest absolute Gasteiger partial charge is 0.242 e. The van der Waals surface area contributed by atoms with Gasteiger partial charge >= 0.3 is 0 Å². The first kappa shape index (κ1) is 23.3. The van der Waals surface area contributed by atoms with E-state index in [-0.39, 0.29) is 11.9 Å². The molecule has 4 rings (SSSR count). The molecule has 1 N–H and O–H groups in total. The van der Waals surface area contributed by atoms with Crippen LogP contribution in [0.25, 0.3) is 0 Å². The molecule has 33 heavy (non-hydrogen) atoms. The molecule has 1 aliphatic heterocycles. The fourth-order valence-corrected chi connectivity index (χ4v) is 4.86. The van der Waals surface area contributed by atoms with E-state index in [2.05, 4.69) is 14.6 Å². The molecular formula is C24H27ClN4O3S. The first-order chi connectivity index (χ1) is 16.1. The third kappa shape index (κ3) is 5.75. The Kier molecular flexibility index (Phi) is 7.67. The summed E-state index contributed by atoms with van der Waals surface area (Å²) in [4.78, 5) is 19.7. The third-order valence-corrected chi connectivity index (χ3v) is 6.74. The maximum absolute atomic E-state index is 12.9. The second kappa shape index (κ2) is 10.9. The van der Waals surface area contributed by atoms with Crippen LogP contribution in [0, 0.1) is 0 Å². The van der Waals surface area contributed by atoms with E-state index in [0.717, 1.165) is 41.5 Å². The van der Waals surface area contributed by atoms with Gasteiger partial charge in [0.25, 0.3) is 0 Å². The van der Waals surface area contributed by atoms with Gasteiger partial charge in [-0.1, -0.05) is 29.8 Å². The predicted molar refractivity (Wildman–Crippen MR) is 131 cm³/mol. The van der Waals surface area contributed by atoms with Gasteiger partial charge in [-0.05, 0) is 54.7 Å². The van der Waals surface area contributed by atoms with Crippen LogP contribution in [-0.2, 0) is 17.6 Å². The number of methoxy groups -OCH3 is 2. The standard InChI is InChI=1S/C24H27ClN4O3S/c1-31-20-10-7-17(14-21(20)32-2)11-12-26-23(30)19-4-3-13-29(19)24-27-22(28-33-24)15-16-5-8-18(25)9-6-16/h5-10,14,19H,3-4,11-13,15H2,1-2H3,(H,26,30). The van der Waals surface area contributed by atoms with Gasteiger partial charge in [-0.3, -0.25) is 4.79 Å². The molecule has 0 aliphatic carbocycles. The van der Waals surface area contributed by atoms with E-state index in [1.165, 1.54) is 11.5 Å². The Morgan fingerprint density at radius 1 is 1.15 bits per heavy atom. The molecule has 0 spiro atoms. The van der Waals surface area contributed by atoms with Gasteiger partial charge in [0.2, 0.25) is 11.0 Å². The van der Waals surface area contributed by atoms with Crippen LogP contribution in [-0.4, -0.2) is 48.6 Å². The van der Waals surface area contributed by atoms with Crippen LogP contribution < -0.4 is 19.7 Å². The van der Waals surface area contributed by atoms with Crippen molar-refractivity contribution in [3.8, 4) is 11.5 Å². The van der Waals surface area contributed by atoms with Crippen LogP contribution in [0.4, 0.5) is 5.13 Å². The molecule has 1 atom stereocenters. The van der Waals surface area contributed by atoms with Gasteiger partial charge in [0.05, 0.1) is 14.2 Å². The van der Waals surface area contributed by atoms with Crippen LogP contribution in [0.1, 0.15) is 29.8 Å². The molecule has 2 aromatic carbocycles. The minimum atomic E-state index is -0.216. The number of hydrogen-bond acceptors (Lipinski definition) is 7. The summed E-state index contributed by atoms with van der Waals surface area (Å²) in [5.74, 6) is 2.17. The van der Waals surface area contributed by atoms with Crippen molar-refractivity contribution >= 4 is 34.2 Å². The van der Waals surface area contributed by atoms with Crippen molar-refractivity contribution in [3.63, 3.8) is 0 Å². The molecular weight excluding hydrogens is 460 g/mol. The van der Waals surface area contributed by atoms with Crippen molar-refractivity contribution in [1.29, 1.82) is 0 Å². The Balaban J connectivity index is 1.33. The lowest BCUT2D eigenvalue weighted by molar-refractivity contribution is -0.122. The molecule has 1 amide bonds. The van der Waals surface area contributed by atoms with Gasteiger partial charge in [0.1, 0.15) is 11.9 Å². The number of nitrogens with one attached hydrogen (secondary N) is 1. The second-order valence-corrected chi connectivity index (χ2v) is 9.04. The number of carbonyl (C=O) groups is 1. The van der Waals surface area contributed by atoms with Gasteiger partial charge in [-0.15, -0.1) is 0 Å². The van der Waals surface area contributed by atoms with Crippen molar-refractivity contribution < 1.29 is 14.3 Å². The van der Waals surface area contributed by atoms with Gasteiger partial charge < -0.3 is 19.7 Å². The Morgan fingerprint density at radius 2 is 1.91 bits per heavy atom. The number of nitrogens with zero attached hydrogens (tertiary/aromatic N) is 3. The topological polar surface area (TPSA) is 76.6 Å². The summed E-state index contributed by atoms with van der Waals surface area (Å²) in [6.45, 7) is 1.36. The van der Waals surface area contributed by atoms with Crippen LogP contribution in [0.5, 0.6) is 11.5 Å². The fraction of sp³-hybridized carbons (Fsp3) is 0.375. The van der Waals surface area contributed by atoms with Crippen LogP contribution in [0.3, 0.4) is 0 Å². The lowest BCUT2D eigenvalue weighted by Gasteiger charge is -2.22. The lowest BCUT2D eigenvalue weighted by atomic mass is 10.1. The Bertz CT molecular complexity index is 1090. The normalized spacial score (nSPS) is 15.5. The van der Waals surface area contributed by atoms with Gasteiger partial charge in [0, 0.05) is 36.1 Å². The molecule has 3 aromatic rings. The quantitative estimate of drug-likeness (QED) is 0.490. The number of aromatic nitrogens is 2. The molecule has 0 bridgehead atoms. The fourth-order valence-electron chi connectivity index (χ4n) is 3.97. The van der Waals surface area contributed by atoms with E-state index in [1.54, 1.807) is 14.2 Å². The largest absolute Gasteiger partial charge is 0.493 e. The van der Waals surface area contributed by atoms with E-state index in [4.69, 9.17) is 26.1 Å². The van der Waals surface area contributed by atoms with E-state index >= 15 is 0 Å². The average molecular weight is 487 g/mol. The van der Waals surface area contributed by atoms with Crippen LogP contribution >= 0.6 is 23.1 Å². The third-order valence-electron chi connectivity index (χ3n) is 5.69. The molecule has 2 heterocycles. The number of hydrogen-bond donors (Lipinski definition) is 1. The van der Waals surface area contributed by atoms with Gasteiger partial charge in [0.15, 0.2) is 11.5 Å². The zero-order chi connectivity index (χ0) is 23.2. The summed E-state index contributed by atoms with van der Waals surface area (Å²) in [5.41, 5.74) is 2.18. The highest BCUT2D eigenvalue weighted by Crippen LogP contribution is 2.29. The molecule has 1 saturated heterocycles. The highest BCUT2D eigenvalue weighted by molar-refractivity contribution is 7.09. The summed E-state index contributed by atoms with van der Waals surface area (Å²) in [6, 6.07) is 13.3. The van der Waals surface area contributed by atoms with Crippen LogP contribution in [0.2, 0.25) is 5.02 Å². The van der Waals surface area contributed by atoms with E-state index in [9.17, 15) is 4.79 Å². The predicted octanol–water partition coefficient (Wildman–Crippen LogP) is 4.13. The average Bonchev–Trinajstić information content (AvgIpc) is 3.50. The molecule has 0 saturated carbocycles. The molecule has 7 nitrogen and oxygen atoms in total. The zero-order valence-corrected chi connectivity index (χ0v) is 20.3. The Hall–Kier alpha value is -2.84. The highest BCUT2D eigenvalue weighted by atomic mass is 35.5. The maximum Gasteiger partial charge on any atom is 0.242 e.